The molecule has 1 N–H and O–H groups in total. The fourth-order valence-electron chi connectivity index (χ4n) is 3.05. The zero-order chi connectivity index (χ0) is 13.7. The summed E-state index contributed by atoms with van der Waals surface area (Å²) in [5, 5.41) is 4.32. The van der Waals surface area contributed by atoms with E-state index >= 15 is 0 Å². The smallest absolute Gasteiger partial charge is 0.0408 e. The predicted molar refractivity (Wildman–Crippen MR) is 81.2 cm³/mol. The summed E-state index contributed by atoms with van der Waals surface area (Å²) >= 11 is 6.06. The number of halogens is 1. The van der Waals surface area contributed by atoms with Gasteiger partial charge in [-0.25, -0.2) is 0 Å². The zero-order valence-electron chi connectivity index (χ0n) is 12.2. The fourth-order valence-corrected chi connectivity index (χ4v) is 3.26. The maximum atomic E-state index is 6.06. The number of hydrogen-bond acceptors (Lipinski definition) is 1. The minimum absolute atomic E-state index is 0.503. The Morgan fingerprint density at radius 3 is 2.17 bits per heavy atom. The summed E-state index contributed by atoms with van der Waals surface area (Å²) in [5.74, 6) is 2.04. The third-order valence-corrected chi connectivity index (χ3v) is 3.95. The van der Waals surface area contributed by atoms with E-state index < -0.39 is 0 Å². The Balaban J connectivity index is 2.83. The highest BCUT2D eigenvalue weighted by molar-refractivity contribution is 6.30. The van der Waals surface area contributed by atoms with Gasteiger partial charge in [-0.15, -0.1) is 0 Å². The van der Waals surface area contributed by atoms with E-state index in [-0.39, 0.29) is 0 Å². The van der Waals surface area contributed by atoms with Crippen LogP contribution < -0.4 is 5.32 Å². The van der Waals surface area contributed by atoms with Crippen LogP contribution >= 0.6 is 11.6 Å². The summed E-state index contributed by atoms with van der Waals surface area (Å²) in [6.07, 6.45) is 1.04. The number of likely N-dealkylation sites (N-methyl/N-ethyl adjacent to an activating group) is 1. The standard InChI is InChI=1S/C16H26ClN/c1-11(2)16(12(3)4)15(18-5)10-13-7-6-8-14(17)9-13/h6-9,11-12,15-16,18H,10H2,1-5H3. The molecule has 0 fully saturated rings. The molecule has 0 saturated heterocycles. The topological polar surface area (TPSA) is 12.0 Å². The summed E-state index contributed by atoms with van der Waals surface area (Å²) in [7, 11) is 2.06. The van der Waals surface area contributed by atoms with Crippen LogP contribution in [0.15, 0.2) is 24.3 Å². The number of nitrogens with one attached hydrogen (secondary N) is 1. The van der Waals surface area contributed by atoms with Crippen molar-refractivity contribution in [3.63, 3.8) is 0 Å². The van der Waals surface area contributed by atoms with Crippen molar-refractivity contribution in [2.45, 2.75) is 40.2 Å². The van der Waals surface area contributed by atoms with Crippen LogP contribution in [0.25, 0.3) is 0 Å². The minimum atomic E-state index is 0.503. The molecule has 102 valence electrons. The molecule has 1 aromatic carbocycles. The first-order valence-electron chi connectivity index (χ1n) is 6.87. The van der Waals surface area contributed by atoms with E-state index in [1.807, 2.05) is 12.1 Å². The van der Waals surface area contributed by atoms with Gasteiger partial charge >= 0.3 is 0 Å². The molecule has 1 atom stereocenters. The summed E-state index contributed by atoms with van der Waals surface area (Å²) < 4.78 is 0. The monoisotopic (exact) mass is 267 g/mol. The maximum Gasteiger partial charge on any atom is 0.0408 e. The number of rotatable bonds is 6. The first-order valence-corrected chi connectivity index (χ1v) is 7.25. The summed E-state index contributed by atoms with van der Waals surface area (Å²) in [6, 6.07) is 8.70. The third kappa shape index (κ3) is 4.29. The van der Waals surface area contributed by atoms with Crippen molar-refractivity contribution in [3.05, 3.63) is 34.9 Å². The molecular weight excluding hydrogens is 242 g/mol. The van der Waals surface area contributed by atoms with Gasteiger partial charge in [-0.3, -0.25) is 0 Å². The van der Waals surface area contributed by atoms with Crippen molar-refractivity contribution in [1.29, 1.82) is 0 Å². The Labute approximate surface area is 117 Å². The van der Waals surface area contributed by atoms with Crippen molar-refractivity contribution in [2.24, 2.45) is 17.8 Å². The van der Waals surface area contributed by atoms with Gasteiger partial charge in [-0.2, -0.15) is 0 Å². The maximum absolute atomic E-state index is 6.06. The normalized spacial score (nSPS) is 13.6. The molecule has 0 spiro atoms. The van der Waals surface area contributed by atoms with Crippen molar-refractivity contribution in [3.8, 4) is 0 Å². The van der Waals surface area contributed by atoms with Crippen molar-refractivity contribution in [1.82, 2.24) is 5.32 Å². The lowest BCUT2D eigenvalue weighted by molar-refractivity contribution is 0.214. The third-order valence-electron chi connectivity index (χ3n) is 3.72. The van der Waals surface area contributed by atoms with Gasteiger partial charge in [0.1, 0.15) is 0 Å². The molecule has 1 aromatic rings. The molecule has 0 radical (unpaired) electrons. The zero-order valence-corrected chi connectivity index (χ0v) is 13.0. The van der Waals surface area contributed by atoms with Crippen LogP contribution in [0.5, 0.6) is 0 Å². The molecule has 0 amide bonds. The van der Waals surface area contributed by atoms with Gasteiger partial charge in [0.05, 0.1) is 0 Å². The molecule has 2 heteroatoms. The SMILES string of the molecule is CNC(Cc1cccc(Cl)c1)C(C(C)C)C(C)C. The minimum Gasteiger partial charge on any atom is -0.316 e. The highest BCUT2D eigenvalue weighted by atomic mass is 35.5. The van der Waals surface area contributed by atoms with Crippen molar-refractivity contribution < 1.29 is 0 Å². The van der Waals surface area contributed by atoms with Crippen LogP contribution in [0.3, 0.4) is 0 Å². The van der Waals surface area contributed by atoms with Gasteiger partial charge in [0, 0.05) is 11.1 Å². The average Bonchev–Trinajstić information content (AvgIpc) is 2.27. The van der Waals surface area contributed by atoms with E-state index in [1.165, 1.54) is 5.56 Å². The molecule has 0 aliphatic rings. The van der Waals surface area contributed by atoms with Crippen LogP contribution in [-0.2, 0) is 6.42 Å². The number of hydrogen-bond donors (Lipinski definition) is 1. The van der Waals surface area contributed by atoms with Gasteiger partial charge in [0.2, 0.25) is 0 Å². The quantitative estimate of drug-likeness (QED) is 0.806. The Kier molecular flexibility index (Phi) is 6.17. The van der Waals surface area contributed by atoms with Crippen LogP contribution in [-0.4, -0.2) is 13.1 Å². The fraction of sp³-hybridized carbons (Fsp3) is 0.625. The molecule has 1 unspecified atom stereocenters. The lowest BCUT2D eigenvalue weighted by atomic mass is 9.78. The lowest BCUT2D eigenvalue weighted by Gasteiger charge is -2.33. The highest BCUT2D eigenvalue weighted by Gasteiger charge is 2.26. The van der Waals surface area contributed by atoms with Gasteiger partial charge in [0.25, 0.3) is 0 Å². The average molecular weight is 268 g/mol. The van der Waals surface area contributed by atoms with Gasteiger partial charge in [0.15, 0.2) is 0 Å². The first kappa shape index (κ1) is 15.5. The predicted octanol–water partition coefficient (Wildman–Crippen LogP) is 4.40. The first-order chi connectivity index (χ1) is 8.45. The molecule has 0 aliphatic heterocycles. The Morgan fingerprint density at radius 2 is 1.72 bits per heavy atom. The van der Waals surface area contributed by atoms with E-state index in [1.54, 1.807) is 0 Å². The van der Waals surface area contributed by atoms with E-state index in [0.29, 0.717) is 23.8 Å². The summed E-state index contributed by atoms with van der Waals surface area (Å²) in [6.45, 7) is 9.25. The largest absolute Gasteiger partial charge is 0.316 e. The van der Waals surface area contributed by atoms with Gasteiger partial charge in [-0.05, 0) is 48.9 Å². The Hall–Kier alpha value is -0.530. The van der Waals surface area contributed by atoms with Crippen LogP contribution in [0.2, 0.25) is 5.02 Å². The van der Waals surface area contributed by atoms with E-state index in [0.717, 1.165) is 11.4 Å². The van der Waals surface area contributed by atoms with Gasteiger partial charge in [-0.1, -0.05) is 51.4 Å². The number of benzene rings is 1. The van der Waals surface area contributed by atoms with E-state index in [9.17, 15) is 0 Å². The van der Waals surface area contributed by atoms with Crippen molar-refractivity contribution >= 4 is 11.6 Å². The van der Waals surface area contributed by atoms with Crippen LogP contribution in [0.1, 0.15) is 33.3 Å². The molecule has 0 bridgehead atoms. The Bertz CT molecular complexity index is 352. The highest BCUT2D eigenvalue weighted by Crippen LogP contribution is 2.26. The van der Waals surface area contributed by atoms with Crippen LogP contribution in [0.4, 0.5) is 0 Å². The lowest BCUT2D eigenvalue weighted by Crippen LogP contribution is -2.40. The molecule has 0 aromatic heterocycles. The second-order valence-electron chi connectivity index (χ2n) is 5.79. The Morgan fingerprint density at radius 1 is 1.11 bits per heavy atom. The van der Waals surface area contributed by atoms with E-state index in [2.05, 4.69) is 52.2 Å². The summed E-state index contributed by atoms with van der Waals surface area (Å²) in [5.41, 5.74) is 1.31. The second kappa shape index (κ2) is 7.16. The van der Waals surface area contributed by atoms with Crippen molar-refractivity contribution in [2.75, 3.05) is 7.05 Å². The van der Waals surface area contributed by atoms with Gasteiger partial charge < -0.3 is 5.32 Å². The second-order valence-corrected chi connectivity index (χ2v) is 6.23. The molecular formula is C16H26ClN. The molecule has 0 saturated carbocycles. The van der Waals surface area contributed by atoms with Crippen LogP contribution in [0, 0.1) is 17.8 Å². The summed E-state index contributed by atoms with van der Waals surface area (Å²) in [4.78, 5) is 0. The molecule has 18 heavy (non-hydrogen) atoms. The van der Waals surface area contributed by atoms with E-state index in [4.69, 9.17) is 11.6 Å². The molecule has 1 rings (SSSR count). The molecule has 0 aliphatic carbocycles. The molecule has 1 nitrogen and oxygen atoms in total. The molecule has 0 heterocycles.